The number of hydrogen-bond donors (Lipinski definition) is 1. The van der Waals surface area contributed by atoms with Gasteiger partial charge in [0.1, 0.15) is 19.4 Å². The quantitative estimate of drug-likeness (QED) is 0.108. The first-order chi connectivity index (χ1) is 16.8. The summed E-state index contributed by atoms with van der Waals surface area (Å²) in [4.78, 5) is 35.4. The number of epoxide rings is 2. The van der Waals surface area contributed by atoms with Crippen LogP contribution in [0.1, 0.15) is 104 Å². The number of nitrogens with two attached hydrogens (primary N) is 1. The van der Waals surface area contributed by atoms with E-state index in [1.807, 2.05) is 0 Å². The summed E-state index contributed by atoms with van der Waals surface area (Å²) < 4.78 is 26.2. The minimum atomic E-state index is -0.787. The summed E-state index contributed by atoms with van der Waals surface area (Å²) >= 11 is 0. The number of esters is 3. The van der Waals surface area contributed by atoms with Gasteiger partial charge < -0.3 is 29.4 Å². The number of ether oxygens (including phenoxy) is 5. The zero-order chi connectivity index (χ0) is 25.5. The highest BCUT2D eigenvalue weighted by Gasteiger charge is 2.34. The number of carbonyl (C=O) groups is 3. The predicted molar refractivity (Wildman–Crippen MR) is 129 cm³/mol. The molecule has 0 aromatic carbocycles. The molecule has 2 aliphatic heterocycles. The third-order valence-electron chi connectivity index (χ3n) is 6.40. The normalized spacial score (nSPS) is 23.4. The van der Waals surface area contributed by atoms with E-state index in [9.17, 15) is 14.4 Å². The van der Waals surface area contributed by atoms with Crippen LogP contribution in [-0.2, 0) is 38.1 Å². The average molecular weight is 500 g/mol. The molecule has 0 saturated carbocycles. The molecule has 2 fully saturated rings. The highest BCUT2D eigenvalue weighted by Crippen LogP contribution is 2.26. The summed E-state index contributed by atoms with van der Waals surface area (Å²) in [6, 6.07) is 0. The molecule has 0 spiro atoms. The van der Waals surface area contributed by atoms with Crippen LogP contribution in [0.4, 0.5) is 0 Å². The standard InChI is InChI=1S/C26H45NO8/c1-19-22(33-19)13-9-5-3-7-11-15-24(29)32-18-21(17-31-20(2)28)34-25(30)16-12-8-4-6-10-14-23-26(27)35-23/h19,21-23,26H,3-18,27H2,1-2H3/t19?,21?,22?,23?,26-/m1/s1. The van der Waals surface area contributed by atoms with E-state index in [-0.39, 0.29) is 43.9 Å². The van der Waals surface area contributed by atoms with Gasteiger partial charge in [0.05, 0.1) is 18.3 Å². The molecule has 0 bridgehead atoms. The van der Waals surface area contributed by atoms with Crippen molar-refractivity contribution in [1.82, 2.24) is 0 Å². The molecule has 0 aromatic rings. The molecule has 2 saturated heterocycles. The Morgan fingerprint density at radius 3 is 1.77 bits per heavy atom. The van der Waals surface area contributed by atoms with Crippen molar-refractivity contribution in [3.8, 4) is 0 Å². The monoisotopic (exact) mass is 499 g/mol. The average Bonchev–Trinajstić information content (AvgIpc) is 3.72. The maximum absolute atomic E-state index is 12.2. The highest BCUT2D eigenvalue weighted by molar-refractivity contribution is 5.70. The second-order valence-corrected chi connectivity index (χ2v) is 9.73. The van der Waals surface area contributed by atoms with Crippen molar-refractivity contribution in [1.29, 1.82) is 0 Å². The van der Waals surface area contributed by atoms with Crippen LogP contribution in [0.3, 0.4) is 0 Å². The summed E-state index contributed by atoms with van der Waals surface area (Å²) in [7, 11) is 0. The fraction of sp³-hybridized carbons (Fsp3) is 0.885. The molecule has 0 radical (unpaired) electrons. The van der Waals surface area contributed by atoms with Gasteiger partial charge in [0, 0.05) is 19.8 Å². The van der Waals surface area contributed by atoms with Crippen molar-refractivity contribution < 1.29 is 38.1 Å². The second-order valence-electron chi connectivity index (χ2n) is 9.73. The lowest BCUT2D eigenvalue weighted by molar-refractivity contribution is -0.166. The van der Waals surface area contributed by atoms with Gasteiger partial charge in [0.25, 0.3) is 0 Å². The Morgan fingerprint density at radius 1 is 0.743 bits per heavy atom. The lowest BCUT2D eigenvalue weighted by Gasteiger charge is -2.17. The topological polar surface area (TPSA) is 130 Å². The van der Waals surface area contributed by atoms with Crippen LogP contribution in [0.25, 0.3) is 0 Å². The number of rotatable bonds is 21. The van der Waals surface area contributed by atoms with E-state index in [1.54, 1.807) is 0 Å². The van der Waals surface area contributed by atoms with Crippen LogP contribution in [0, 0.1) is 0 Å². The summed E-state index contributed by atoms with van der Waals surface area (Å²) in [6.45, 7) is 3.15. The van der Waals surface area contributed by atoms with Gasteiger partial charge in [-0.25, -0.2) is 0 Å². The first-order valence-corrected chi connectivity index (χ1v) is 13.4. The predicted octanol–water partition coefficient (Wildman–Crippen LogP) is 3.94. The van der Waals surface area contributed by atoms with Crippen LogP contribution < -0.4 is 5.73 Å². The second kappa shape index (κ2) is 16.9. The van der Waals surface area contributed by atoms with Gasteiger partial charge in [0.2, 0.25) is 0 Å². The fourth-order valence-corrected chi connectivity index (χ4v) is 4.04. The van der Waals surface area contributed by atoms with E-state index in [2.05, 4.69) is 6.92 Å². The molecule has 9 heteroatoms. The third kappa shape index (κ3) is 15.1. The maximum atomic E-state index is 12.2. The Morgan fingerprint density at radius 2 is 1.23 bits per heavy atom. The fourth-order valence-electron chi connectivity index (χ4n) is 4.04. The number of carbonyl (C=O) groups excluding carboxylic acids is 3. The molecule has 2 heterocycles. The zero-order valence-electron chi connectivity index (χ0n) is 21.5. The molecular formula is C26H45NO8. The molecule has 2 aliphatic rings. The molecule has 5 atom stereocenters. The van der Waals surface area contributed by atoms with Gasteiger partial charge in [-0.15, -0.1) is 0 Å². The molecule has 2 rings (SSSR count). The first-order valence-electron chi connectivity index (χ1n) is 13.4. The van der Waals surface area contributed by atoms with Gasteiger partial charge in [-0.1, -0.05) is 51.4 Å². The number of unbranched alkanes of at least 4 members (excludes halogenated alkanes) is 8. The summed E-state index contributed by atoms with van der Waals surface area (Å²) in [5, 5.41) is 0. The van der Waals surface area contributed by atoms with Gasteiger partial charge in [-0.3, -0.25) is 14.4 Å². The van der Waals surface area contributed by atoms with Crippen molar-refractivity contribution in [2.45, 2.75) is 134 Å². The Bertz CT molecular complexity index is 643. The van der Waals surface area contributed by atoms with E-state index in [0.717, 1.165) is 77.0 Å². The van der Waals surface area contributed by atoms with Crippen molar-refractivity contribution in [3.05, 3.63) is 0 Å². The van der Waals surface area contributed by atoms with Crippen LogP contribution in [0.2, 0.25) is 0 Å². The van der Waals surface area contributed by atoms with Crippen LogP contribution >= 0.6 is 0 Å². The molecule has 0 aromatic heterocycles. The van der Waals surface area contributed by atoms with Crippen LogP contribution in [0.15, 0.2) is 0 Å². The highest BCUT2D eigenvalue weighted by atomic mass is 16.6. The molecule has 0 aliphatic carbocycles. The largest absolute Gasteiger partial charge is 0.462 e. The summed E-state index contributed by atoms with van der Waals surface area (Å²) in [6.07, 6.45) is 13.0. The Hall–Kier alpha value is -1.71. The number of hydrogen-bond acceptors (Lipinski definition) is 9. The van der Waals surface area contributed by atoms with Gasteiger partial charge >= 0.3 is 17.9 Å². The molecule has 35 heavy (non-hydrogen) atoms. The molecular weight excluding hydrogens is 454 g/mol. The Kier molecular flexibility index (Phi) is 14.2. The van der Waals surface area contributed by atoms with Crippen molar-refractivity contribution in [2.24, 2.45) is 5.73 Å². The minimum Gasteiger partial charge on any atom is -0.462 e. The van der Waals surface area contributed by atoms with Crippen molar-refractivity contribution >= 4 is 17.9 Å². The van der Waals surface area contributed by atoms with E-state index >= 15 is 0 Å². The van der Waals surface area contributed by atoms with Gasteiger partial charge in [-0.2, -0.15) is 0 Å². The van der Waals surface area contributed by atoms with Crippen molar-refractivity contribution in [3.63, 3.8) is 0 Å². The SMILES string of the molecule is CC(=O)OCC(COC(=O)CCCCCCCC1OC1C)OC(=O)CCCCCCCC1O[C@H]1N. The van der Waals surface area contributed by atoms with Crippen LogP contribution in [0.5, 0.6) is 0 Å². The molecule has 4 unspecified atom stereocenters. The Balaban J connectivity index is 1.48. The van der Waals surface area contributed by atoms with Crippen molar-refractivity contribution in [2.75, 3.05) is 13.2 Å². The molecule has 2 N–H and O–H groups in total. The summed E-state index contributed by atoms with van der Waals surface area (Å²) in [5.74, 6) is -1.18. The van der Waals surface area contributed by atoms with E-state index < -0.39 is 12.1 Å². The molecule has 0 amide bonds. The van der Waals surface area contributed by atoms with E-state index in [0.29, 0.717) is 18.6 Å². The smallest absolute Gasteiger partial charge is 0.306 e. The van der Waals surface area contributed by atoms with E-state index in [1.165, 1.54) is 6.92 Å². The lowest BCUT2D eigenvalue weighted by atomic mass is 10.1. The van der Waals surface area contributed by atoms with E-state index in [4.69, 9.17) is 29.4 Å². The minimum absolute atomic E-state index is 0.0735. The zero-order valence-corrected chi connectivity index (χ0v) is 21.5. The molecule has 202 valence electrons. The Labute approximate surface area is 209 Å². The first kappa shape index (κ1) is 29.5. The van der Waals surface area contributed by atoms with Gasteiger partial charge in [-0.05, 0) is 32.6 Å². The lowest BCUT2D eigenvalue weighted by Crippen LogP contribution is -2.30. The van der Waals surface area contributed by atoms with Crippen LogP contribution in [-0.4, -0.2) is 61.8 Å². The summed E-state index contributed by atoms with van der Waals surface area (Å²) in [5.41, 5.74) is 5.60. The van der Waals surface area contributed by atoms with Gasteiger partial charge in [0.15, 0.2) is 6.10 Å². The third-order valence-corrected chi connectivity index (χ3v) is 6.40. The maximum Gasteiger partial charge on any atom is 0.306 e. The molecule has 9 nitrogen and oxygen atoms in total.